The lowest BCUT2D eigenvalue weighted by Crippen LogP contribution is -2.14. The maximum absolute atomic E-state index is 12.5. The summed E-state index contributed by atoms with van der Waals surface area (Å²) in [5, 5.41) is 11.8. The number of nitrogens with zero attached hydrogens (tertiary/aromatic N) is 4. The largest absolute Gasteiger partial charge is 0.471 e. The molecule has 1 amide bonds. The molecule has 4 aromatic rings. The van der Waals surface area contributed by atoms with E-state index in [0.29, 0.717) is 16.5 Å². The first-order chi connectivity index (χ1) is 16.0. The number of benzene rings is 2. The molecule has 0 saturated heterocycles. The van der Waals surface area contributed by atoms with E-state index in [1.54, 1.807) is 47.5 Å². The van der Waals surface area contributed by atoms with Crippen LogP contribution in [0.2, 0.25) is 5.02 Å². The lowest BCUT2D eigenvalue weighted by atomic mass is 10.2. The molecule has 0 aliphatic carbocycles. The minimum atomic E-state index is -0.350. The van der Waals surface area contributed by atoms with Gasteiger partial charge in [0.1, 0.15) is 11.5 Å². The SMILES string of the molecule is CCc1ccc(OCn2cc(NC(=O)c3ccn(COc4ccc(Cl)cc4Br)n3)cn2)cc1. The van der Waals surface area contributed by atoms with Gasteiger partial charge >= 0.3 is 0 Å². The summed E-state index contributed by atoms with van der Waals surface area (Å²) in [7, 11) is 0. The monoisotopic (exact) mass is 529 g/mol. The zero-order valence-electron chi connectivity index (χ0n) is 17.7. The summed E-state index contributed by atoms with van der Waals surface area (Å²) < 4.78 is 15.3. The molecule has 0 fully saturated rings. The quantitative estimate of drug-likeness (QED) is 0.314. The Bertz CT molecular complexity index is 1240. The number of hydrogen-bond acceptors (Lipinski definition) is 5. The smallest absolute Gasteiger partial charge is 0.276 e. The highest BCUT2D eigenvalue weighted by Crippen LogP contribution is 2.28. The number of aromatic nitrogens is 4. The highest BCUT2D eigenvalue weighted by molar-refractivity contribution is 9.10. The van der Waals surface area contributed by atoms with Crippen LogP contribution in [0.5, 0.6) is 11.5 Å². The zero-order valence-corrected chi connectivity index (χ0v) is 20.1. The van der Waals surface area contributed by atoms with Crippen molar-refractivity contribution in [3.8, 4) is 11.5 Å². The number of anilines is 1. The van der Waals surface area contributed by atoms with E-state index in [9.17, 15) is 4.79 Å². The molecule has 8 nitrogen and oxygen atoms in total. The Labute approximate surface area is 204 Å². The van der Waals surface area contributed by atoms with Crippen LogP contribution >= 0.6 is 27.5 Å². The third-order valence-corrected chi connectivity index (χ3v) is 5.56. The van der Waals surface area contributed by atoms with Crippen molar-refractivity contribution in [1.29, 1.82) is 0 Å². The Balaban J connectivity index is 1.28. The molecular weight excluding hydrogens is 510 g/mol. The van der Waals surface area contributed by atoms with Crippen molar-refractivity contribution < 1.29 is 14.3 Å². The molecule has 170 valence electrons. The molecule has 2 aromatic heterocycles. The standard InChI is InChI=1S/C23H21BrClN5O3/c1-2-16-3-6-19(7-4-16)32-15-30-13-18(12-26-30)27-23(31)21-9-10-29(28-21)14-33-22-8-5-17(25)11-20(22)24/h3-13H,2,14-15H2,1H3,(H,27,31). The van der Waals surface area contributed by atoms with E-state index in [-0.39, 0.29) is 25.1 Å². The molecule has 10 heteroatoms. The maximum Gasteiger partial charge on any atom is 0.276 e. The number of amides is 1. The third kappa shape index (κ3) is 6.15. The highest BCUT2D eigenvalue weighted by Gasteiger charge is 2.12. The normalized spacial score (nSPS) is 10.8. The lowest BCUT2D eigenvalue weighted by Gasteiger charge is -2.08. The molecule has 0 bridgehead atoms. The number of carbonyl (C=O) groups is 1. The van der Waals surface area contributed by atoms with E-state index in [4.69, 9.17) is 21.1 Å². The van der Waals surface area contributed by atoms with Crippen LogP contribution in [0.4, 0.5) is 5.69 Å². The van der Waals surface area contributed by atoms with E-state index in [1.165, 1.54) is 10.2 Å². The second-order valence-electron chi connectivity index (χ2n) is 7.08. The van der Waals surface area contributed by atoms with Gasteiger partial charge in [0.2, 0.25) is 0 Å². The van der Waals surface area contributed by atoms with Gasteiger partial charge in [-0.05, 0) is 64.3 Å². The van der Waals surface area contributed by atoms with Crippen molar-refractivity contribution in [2.24, 2.45) is 0 Å². The van der Waals surface area contributed by atoms with Crippen LogP contribution in [0, 0.1) is 0 Å². The van der Waals surface area contributed by atoms with Crippen molar-refractivity contribution in [2.75, 3.05) is 5.32 Å². The van der Waals surface area contributed by atoms with Gasteiger partial charge in [0.25, 0.3) is 5.91 Å². The molecule has 0 aliphatic rings. The number of rotatable bonds is 9. The summed E-state index contributed by atoms with van der Waals surface area (Å²) in [5.41, 5.74) is 2.05. The molecule has 4 rings (SSSR count). The minimum Gasteiger partial charge on any atom is -0.471 e. The second-order valence-corrected chi connectivity index (χ2v) is 8.37. The number of hydrogen-bond donors (Lipinski definition) is 1. The highest BCUT2D eigenvalue weighted by atomic mass is 79.9. The lowest BCUT2D eigenvalue weighted by molar-refractivity contribution is 0.102. The fraction of sp³-hybridized carbons (Fsp3) is 0.174. The summed E-state index contributed by atoms with van der Waals surface area (Å²) in [4.78, 5) is 12.5. The van der Waals surface area contributed by atoms with Gasteiger partial charge in [0.05, 0.1) is 22.6 Å². The van der Waals surface area contributed by atoms with Crippen molar-refractivity contribution in [3.63, 3.8) is 0 Å². The van der Waals surface area contributed by atoms with Crippen LogP contribution < -0.4 is 14.8 Å². The predicted molar refractivity (Wildman–Crippen MR) is 129 cm³/mol. The average Bonchev–Trinajstić information content (AvgIpc) is 3.47. The van der Waals surface area contributed by atoms with E-state index < -0.39 is 0 Å². The first-order valence-corrected chi connectivity index (χ1v) is 11.3. The molecule has 0 saturated carbocycles. The Kier molecular flexibility index (Phi) is 7.31. The van der Waals surface area contributed by atoms with Crippen LogP contribution in [-0.4, -0.2) is 25.5 Å². The van der Waals surface area contributed by atoms with Crippen LogP contribution in [0.15, 0.2) is 71.6 Å². The summed E-state index contributed by atoms with van der Waals surface area (Å²) in [6.45, 7) is 2.48. The first-order valence-electron chi connectivity index (χ1n) is 10.2. The Morgan fingerprint density at radius 3 is 2.64 bits per heavy atom. The van der Waals surface area contributed by atoms with Crippen LogP contribution in [0.25, 0.3) is 0 Å². The average molecular weight is 531 g/mol. The molecule has 1 N–H and O–H groups in total. The molecular formula is C23H21BrClN5O3. The Morgan fingerprint density at radius 1 is 1.09 bits per heavy atom. The number of carbonyl (C=O) groups excluding carboxylic acids is 1. The summed E-state index contributed by atoms with van der Waals surface area (Å²) in [6, 6.07) is 14.8. The molecule has 0 aliphatic heterocycles. The van der Waals surface area contributed by atoms with Gasteiger partial charge < -0.3 is 14.8 Å². The maximum atomic E-state index is 12.5. The first kappa shape index (κ1) is 22.9. The van der Waals surface area contributed by atoms with Gasteiger partial charge in [0, 0.05) is 11.2 Å². The molecule has 2 aromatic carbocycles. The van der Waals surface area contributed by atoms with Gasteiger partial charge in [-0.25, -0.2) is 9.36 Å². The van der Waals surface area contributed by atoms with Gasteiger partial charge in [-0.15, -0.1) is 0 Å². The van der Waals surface area contributed by atoms with E-state index in [0.717, 1.165) is 16.6 Å². The third-order valence-electron chi connectivity index (χ3n) is 4.71. The van der Waals surface area contributed by atoms with Crippen molar-refractivity contribution in [1.82, 2.24) is 19.6 Å². The number of aryl methyl sites for hydroxylation is 1. The molecule has 0 radical (unpaired) electrons. The van der Waals surface area contributed by atoms with E-state index >= 15 is 0 Å². The van der Waals surface area contributed by atoms with Crippen LogP contribution in [-0.2, 0) is 19.9 Å². The molecule has 33 heavy (non-hydrogen) atoms. The number of nitrogens with one attached hydrogen (secondary N) is 1. The summed E-state index contributed by atoms with van der Waals surface area (Å²) in [5.74, 6) is 1.03. The molecule has 0 atom stereocenters. The fourth-order valence-corrected chi connectivity index (χ4v) is 3.74. The van der Waals surface area contributed by atoms with Crippen molar-refractivity contribution in [2.45, 2.75) is 26.8 Å². The minimum absolute atomic E-state index is 0.141. The Hall–Kier alpha value is -3.30. The molecule has 0 spiro atoms. The number of halogens is 2. The van der Waals surface area contributed by atoms with Crippen molar-refractivity contribution >= 4 is 39.1 Å². The number of ether oxygens (including phenoxy) is 2. The predicted octanol–water partition coefficient (Wildman–Crippen LogP) is 5.38. The fourth-order valence-electron chi connectivity index (χ4n) is 2.94. The molecule has 0 unspecified atom stereocenters. The van der Waals surface area contributed by atoms with Crippen molar-refractivity contribution in [3.05, 3.63) is 87.9 Å². The van der Waals surface area contributed by atoms with Gasteiger partial charge in [-0.1, -0.05) is 30.7 Å². The van der Waals surface area contributed by atoms with Crippen LogP contribution in [0.3, 0.4) is 0 Å². The summed E-state index contributed by atoms with van der Waals surface area (Å²) in [6.07, 6.45) is 5.89. The zero-order chi connectivity index (χ0) is 23.2. The van der Waals surface area contributed by atoms with Gasteiger partial charge in [-0.2, -0.15) is 10.2 Å². The van der Waals surface area contributed by atoms with Crippen LogP contribution in [0.1, 0.15) is 23.0 Å². The summed E-state index contributed by atoms with van der Waals surface area (Å²) >= 11 is 9.33. The van der Waals surface area contributed by atoms with E-state index in [2.05, 4.69) is 38.4 Å². The molecule has 2 heterocycles. The topological polar surface area (TPSA) is 83.2 Å². The second kappa shape index (κ2) is 10.5. The van der Waals surface area contributed by atoms with Gasteiger partial charge in [0.15, 0.2) is 19.2 Å². The Morgan fingerprint density at radius 2 is 1.88 bits per heavy atom. The van der Waals surface area contributed by atoms with Gasteiger partial charge in [-0.3, -0.25) is 4.79 Å². The van der Waals surface area contributed by atoms with E-state index in [1.807, 2.05) is 24.3 Å².